The van der Waals surface area contributed by atoms with Crippen LogP contribution in [0.2, 0.25) is 0 Å². The van der Waals surface area contributed by atoms with Gasteiger partial charge in [-0.25, -0.2) is 0 Å². The predicted octanol–water partition coefficient (Wildman–Crippen LogP) is 6.41. The number of piperidine rings is 1. The van der Waals surface area contributed by atoms with Crippen molar-refractivity contribution in [1.82, 2.24) is 4.90 Å². The van der Waals surface area contributed by atoms with E-state index in [2.05, 4.69) is 48.3 Å². The van der Waals surface area contributed by atoms with Gasteiger partial charge in [-0.15, -0.1) is 0 Å². The zero-order chi connectivity index (χ0) is 22.1. The highest BCUT2D eigenvalue weighted by Gasteiger charge is 2.32. The fourth-order valence-electron chi connectivity index (χ4n) is 4.53. The molecule has 2 aromatic heterocycles. The Hall–Kier alpha value is -3.31. The molecule has 1 saturated heterocycles. The van der Waals surface area contributed by atoms with Gasteiger partial charge in [-0.2, -0.15) is 0 Å². The van der Waals surface area contributed by atoms with Crippen molar-refractivity contribution in [2.24, 2.45) is 5.92 Å². The van der Waals surface area contributed by atoms with Crippen LogP contribution in [-0.2, 0) is 0 Å². The molecule has 1 aliphatic heterocycles. The summed E-state index contributed by atoms with van der Waals surface area (Å²) in [4.78, 5) is 15.4. The van der Waals surface area contributed by atoms with E-state index in [0.717, 1.165) is 54.1 Å². The van der Waals surface area contributed by atoms with Crippen LogP contribution >= 0.6 is 0 Å². The summed E-state index contributed by atoms with van der Waals surface area (Å²) in [6.45, 7) is 6.39. The first-order chi connectivity index (χ1) is 15.6. The van der Waals surface area contributed by atoms with Crippen LogP contribution in [0, 0.1) is 12.8 Å². The average molecular weight is 429 g/mol. The van der Waals surface area contributed by atoms with Crippen molar-refractivity contribution in [2.75, 3.05) is 18.4 Å². The van der Waals surface area contributed by atoms with Crippen LogP contribution in [-0.4, -0.2) is 23.9 Å². The summed E-state index contributed by atoms with van der Waals surface area (Å²) in [6.07, 6.45) is 3.81. The number of likely N-dealkylation sites (tertiary alicyclic amines) is 1. The SMILES string of the molecule is Cc1ccc([C@@H](c2oc3ccccc3c2NC(=O)c2ccco2)N2CCC(C)CC2)cc1. The first kappa shape index (κ1) is 20.6. The second-order valence-electron chi connectivity index (χ2n) is 8.80. The second-order valence-corrected chi connectivity index (χ2v) is 8.80. The van der Waals surface area contributed by atoms with Crippen LogP contribution in [0.4, 0.5) is 5.69 Å². The number of benzene rings is 2. The third-order valence-electron chi connectivity index (χ3n) is 6.43. The number of rotatable bonds is 5. The molecule has 0 bridgehead atoms. The van der Waals surface area contributed by atoms with Crippen molar-refractivity contribution in [3.8, 4) is 0 Å². The molecule has 1 fully saturated rings. The maximum Gasteiger partial charge on any atom is 0.291 e. The van der Waals surface area contributed by atoms with Crippen molar-refractivity contribution < 1.29 is 13.6 Å². The summed E-state index contributed by atoms with van der Waals surface area (Å²) in [5, 5.41) is 3.99. The number of hydrogen-bond donors (Lipinski definition) is 1. The van der Waals surface area contributed by atoms with Gasteiger partial charge in [-0.1, -0.05) is 48.9 Å². The highest BCUT2D eigenvalue weighted by molar-refractivity contribution is 6.08. The Morgan fingerprint density at radius 1 is 1.03 bits per heavy atom. The number of para-hydroxylation sites is 1. The number of furan rings is 2. The molecule has 0 spiro atoms. The van der Waals surface area contributed by atoms with Gasteiger partial charge < -0.3 is 14.2 Å². The Morgan fingerprint density at radius 2 is 1.78 bits per heavy atom. The summed E-state index contributed by atoms with van der Waals surface area (Å²) in [5.74, 6) is 1.49. The lowest BCUT2D eigenvalue weighted by molar-refractivity contribution is 0.0995. The molecule has 32 heavy (non-hydrogen) atoms. The number of carbonyl (C=O) groups is 1. The van der Waals surface area contributed by atoms with Gasteiger partial charge in [0.25, 0.3) is 5.91 Å². The molecule has 1 aliphatic rings. The van der Waals surface area contributed by atoms with Crippen molar-refractivity contribution in [2.45, 2.75) is 32.7 Å². The van der Waals surface area contributed by atoms with Crippen molar-refractivity contribution in [1.29, 1.82) is 0 Å². The first-order valence-corrected chi connectivity index (χ1v) is 11.3. The van der Waals surface area contributed by atoms with E-state index in [9.17, 15) is 4.79 Å². The lowest BCUT2D eigenvalue weighted by atomic mass is 9.94. The fourth-order valence-corrected chi connectivity index (χ4v) is 4.53. The van der Waals surface area contributed by atoms with Crippen LogP contribution in [0.5, 0.6) is 0 Å². The van der Waals surface area contributed by atoms with E-state index in [1.54, 1.807) is 12.1 Å². The summed E-state index contributed by atoms with van der Waals surface area (Å²) >= 11 is 0. The number of aryl methyl sites for hydroxylation is 1. The zero-order valence-corrected chi connectivity index (χ0v) is 18.5. The van der Waals surface area contributed by atoms with Crippen LogP contribution < -0.4 is 5.32 Å². The second kappa shape index (κ2) is 8.67. The van der Waals surface area contributed by atoms with Gasteiger partial charge in [0.2, 0.25) is 0 Å². The molecule has 164 valence electrons. The molecule has 0 aliphatic carbocycles. The van der Waals surface area contributed by atoms with Gasteiger partial charge in [0.05, 0.1) is 18.0 Å². The molecule has 1 N–H and O–H groups in total. The van der Waals surface area contributed by atoms with Crippen molar-refractivity contribution >= 4 is 22.6 Å². The van der Waals surface area contributed by atoms with Gasteiger partial charge in [0.1, 0.15) is 11.3 Å². The van der Waals surface area contributed by atoms with Crippen LogP contribution in [0.25, 0.3) is 11.0 Å². The minimum absolute atomic E-state index is 0.0811. The number of nitrogens with zero attached hydrogens (tertiary/aromatic N) is 1. The number of amides is 1. The fraction of sp³-hybridized carbons (Fsp3) is 0.296. The normalized spacial score (nSPS) is 16.3. The number of fused-ring (bicyclic) bond motifs is 1. The Morgan fingerprint density at radius 3 is 2.50 bits per heavy atom. The maximum atomic E-state index is 12.9. The van der Waals surface area contributed by atoms with Crippen LogP contribution in [0.1, 0.15) is 53.2 Å². The minimum atomic E-state index is -0.280. The minimum Gasteiger partial charge on any atom is -0.459 e. The van der Waals surface area contributed by atoms with E-state index in [-0.39, 0.29) is 17.7 Å². The van der Waals surface area contributed by atoms with Gasteiger partial charge in [0.15, 0.2) is 5.76 Å². The van der Waals surface area contributed by atoms with Crippen LogP contribution in [0.3, 0.4) is 0 Å². The Kier molecular flexibility index (Phi) is 5.58. The molecule has 2 aromatic carbocycles. The van der Waals surface area contributed by atoms with E-state index in [1.165, 1.54) is 11.8 Å². The van der Waals surface area contributed by atoms with Gasteiger partial charge in [-0.3, -0.25) is 9.69 Å². The Bertz CT molecular complexity index is 1200. The van der Waals surface area contributed by atoms with Gasteiger partial charge in [-0.05, 0) is 68.6 Å². The average Bonchev–Trinajstić information content (AvgIpc) is 3.46. The summed E-state index contributed by atoms with van der Waals surface area (Å²) in [6, 6.07) is 19.8. The smallest absolute Gasteiger partial charge is 0.291 e. The largest absolute Gasteiger partial charge is 0.459 e. The lowest BCUT2D eigenvalue weighted by Gasteiger charge is -2.36. The predicted molar refractivity (Wildman–Crippen MR) is 126 cm³/mol. The number of anilines is 1. The Labute approximate surface area is 188 Å². The van der Waals surface area contributed by atoms with E-state index in [1.807, 2.05) is 24.3 Å². The molecule has 4 aromatic rings. The molecule has 5 heteroatoms. The highest BCUT2D eigenvalue weighted by atomic mass is 16.3. The van der Waals surface area contributed by atoms with E-state index in [4.69, 9.17) is 8.83 Å². The van der Waals surface area contributed by atoms with E-state index in [0.29, 0.717) is 5.69 Å². The number of hydrogen-bond acceptors (Lipinski definition) is 4. The van der Waals surface area contributed by atoms with Crippen molar-refractivity contribution in [3.63, 3.8) is 0 Å². The monoisotopic (exact) mass is 428 g/mol. The molecular weight excluding hydrogens is 400 g/mol. The molecular formula is C27H28N2O3. The summed E-state index contributed by atoms with van der Waals surface area (Å²) in [5.41, 5.74) is 3.86. The van der Waals surface area contributed by atoms with E-state index >= 15 is 0 Å². The van der Waals surface area contributed by atoms with Crippen molar-refractivity contribution in [3.05, 3.63) is 89.6 Å². The quantitative estimate of drug-likeness (QED) is 0.399. The lowest BCUT2D eigenvalue weighted by Crippen LogP contribution is -2.37. The molecule has 1 amide bonds. The molecule has 3 heterocycles. The first-order valence-electron chi connectivity index (χ1n) is 11.3. The standard InChI is InChI=1S/C27H28N2O3/c1-18-9-11-20(12-10-18)25(29-15-13-19(2)14-16-29)26-24(21-6-3-4-7-22(21)32-26)28-27(30)23-8-5-17-31-23/h3-12,17,19,25H,13-16H2,1-2H3,(H,28,30)/t25-/m0/s1. The van der Waals surface area contributed by atoms with Gasteiger partial charge >= 0.3 is 0 Å². The molecule has 0 radical (unpaired) electrons. The van der Waals surface area contributed by atoms with Gasteiger partial charge in [0, 0.05) is 5.39 Å². The summed E-state index contributed by atoms with van der Waals surface area (Å²) < 4.78 is 11.8. The zero-order valence-electron chi connectivity index (χ0n) is 18.5. The van der Waals surface area contributed by atoms with Crippen LogP contribution in [0.15, 0.2) is 75.8 Å². The van der Waals surface area contributed by atoms with E-state index < -0.39 is 0 Å². The molecule has 1 atom stereocenters. The maximum absolute atomic E-state index is 12.9. The molecule has 0 saturated carbocycles. The Balaban J connectivity index is 1.63. The summed E-state index contributed by atoms with van der Waals surface area (Å²) in [7, 11) is 0. The topological polar surface area (TPSA) is 58.6 Å². The molecule has 5 rings (SSSR count). The molecule has 0 unspecified atom stereocenters. The third kappa shape index (κ3) is 3.96. The highest BCUT2D eigenvalue weighted by Crippen LogP contribution is 2.41. The number of carbonyl (C=O) groups excluding carboxylic acids is 1. The molecule has 5 nitrogen and oxygen atoms in total. The third-order valence-corrected chi connectivity index (χ3v) is 6.43. The number of nitrogens with one attached hydrogen (secondary N) is 1.